The van der Waals surface area contributed by atoms with Gasteiger partial charge in [-0.15, -0.1) is 16.1 Å². The quantitative estimate of drug-likeness (QED) is 0.247. The lowest BCUT2D eigenvalue weighted by Crippen LogP contribution is -2.41. The highest BCUT2D eigenvalue weighted by molar-refractivity contribution is 7.90. The third-order valence-corrected chi connectivity index (χ3v) is 8.90. The molecule has 2 heterocycles. The molecule has 5 nitrogen and oxygen atoms in total. The van der Waals surface area contributed by atoms with Crippen molar-refractivity contribution in [2.24, 2.45) is 0 Å². The van der Waals surface area contributed by atoms with Crippen LogP contribution in [0.2, 0.25) is 5.02 Å². The van der Waals surface area contributed by atoms with Crippen molar-refractivity contribution in [2.75, 3.05) is 0 Å². The van der Waals surface area contributed by atoms with E-state index in [4.69, 9.17) is 16.6 Å². The number of nitrogens with zero attached hydrogens (tertiary/aromatic N) is 2. The molecule has 0 aliphatic rings. The number of pyridine rings is 1. The van der Waals surface area contributed by atoms with E-state index in [0.29, 0.717) is 38.3 Å². The van der Waals surface area contributed by atoms with Crippen LogP contribution in [0.3, 0.4) is 0 Å². The molecule has 0 saturated carbocycles. The second kappa shape index (κ2) is 10.2. The molecular formula is C26H25ClF3N3O2S2. The summed E-state index contributed by atoms with van der Waals surface area (Å²) in [5.74, 6) is 0. The van der Waals surface area contributed by atoms with Crippen LogP contribution in [0.15, 0.2) is 60.8 Å². The Morgan fingerprint density at radius 3 is 2.41 bits per heavy atom. The van der Waals surface area contributed by atoms with Crippen molar-refractivity contribution in [3.05, 3.63) is 82.0 Å². The van der Waals surface area contributed by atoms with E-state index in [1.54, 1.807) is 30.3 Å². The third kappa shape index (κ3) is 5.64. The monoisotopic (exact) mass is 567 g/mol. The standard InChI is InChI=1S/C26H25ClF3N3O2S2/c1-24(2,3)37(35)33-21(16-8-5-6-10-18(16)27)23-32-19-11-7-9-17(22(19)36-23)20-14-15(12-13-31-20)25(4,34)26(28,29)30/h5-14,21,33-34H,1-4H3. The van der Waals surface area contributed by atoms with Gasteiger partial charge in [0.15, 0.2) is 5.60 Å². The van der Waals surface area contributed by atoms with Crippen molar-refractivity contribution in [3.8, 4) is 11.3 Å². The molecule has 0 aliphatic carbocycles. The summed E-state index contributed by atoms with van der Waals surface area (Å²) in [6.45, 7) is 6.27. The maximum atomic E-state index is 13.5. The van der Waals surface area contributed by atoms with Gasteiger partial charge in [0.05, 0.1) is 15.9 Å². The second-order valence-corrected chi connectivity index (χ2v) is 13.1. The van der Waals surface area contributed by atoms with Crippen LogP contribution in [0, 0.1) is 0 Å². The first-order valence-corrected chi connectivity index (χ1v) is 13.6. The number of hydrogen-bond acceptors (Lipinski definition) is 6. The van der Waals surface area contributed by atoms with E-state index in [9.17, 15) is 22.8 Å². The minimum atomic E-state index is -4.86. The third-order valence-electron chi connectivity index (χ3n) is 5.83. The van der Waals surface area contributed by atoms with Gasteiger partial charge in [0, 0.05) is 28.1 Å². The number of rotatable bonds is 6. The summed E-state index contributed by atoms with van der Waals surface area (Å²) in [5, 5.41) is 11.2. The molecular weight excluding hydrogens is 543 g/mol. The largest absolute Gasteiger partial charge is 0.598 e. The molecule has 3 unspecified atom stereocenters. The number of nitrogens with one attached hydrogen (secondary N) is 1. The molecule has 11 heteroatoms. The van der Waals surface area contributed by atoms with Gasteiger partial charge in [-0.25, -0.2) is 4.98 Å². The van der Waals surface area contributed by atoms with Gasteiger partial charge >= 0.3 is 6.18 Å². The number of benzene rings is 2. The van der Waals surface area contributed by atoms with E-state index in [1.807, 2.05) is 32.9 Å². The number of halogens is 4. The summed E-state index contributed by atoms with van der Waals surface area (Å²) in [4.78, 5) is 9.05. The molecule has 0 fully saturated rings. The van der Waals surface area contributed by atoms with E-state index in [-0.39, 0.29) is 11.3 Å². The Bertz CT molecular complexity index is 1420. The molecule has 0 saturated heterocycles. The molecule has 3 atom stereocenters. The summed E-state index contributed by atoms with van der Waals surface area (Å²) in [7, 11) is 0. The summed E-state index contributed by atoms with van der Waals surface area (Å²) < 4.78 is 56.7. The predicted molar refractivity (Wildman–Crippen MR) is 143 cm³/mol. The first-order chi connectivity index (χ1) is 17.2. The highest BCUT2D eigenvalue weighted by Crippen LogP contribution is 2.41. The van der Waals surface area contributed by atoms with Gasteiger partial charge in [-0.05, 0) is 63.1 Å². The number of thiazole rings is 1. The van der Waals surface area contributed by atoms with Crippen LogP contribution >= 0.6 is 22.9 Å². The number of fused-ring (bicyclic) bond motifs is 1. The molecule has 0 bridgehead atoms. The van der Waals surface area contributed by atoms with Crippen LogP contribution < -0.4 is 4.72 Å². The van der Waals surface area contributed by atoms with Crippen molar-refractivity contribution in [1.82, 2.24) is 14.7 Å². The summed E-state index contributed by atoms with van der Waals surface area (Å²) >= 11 is 6.36. The van der Waals surface area contributed by atoms with Gasteiger partial charge < -0.3 is 9.66 Å². The van der Waals surface area contributed by atoms with E-state index >= 15 is 0 Å². The molecule has 0 radical (unpaired) electrons. The van der Waals surface area contributed by atoms with Crippen LogP contribution in [0.1, 0.15) is 49.9 Å². The lowest BCUT2D eigenvalue weighted by atomic mass is 9.94. The SMILES string of the molecule is CC(C)(C)[S+]([O-])NC(c1nc2cccc(-c3cc(C(C)(O)C(F)(F)F)ccn3)c2s1)c1ccccc1Cl. The van der Waals surface area contributed by atoms with Gasteiger partial charge in [-0.2, -0.15) is 13.2 Å². The molecule has 2 N–H and O–H groups in total. The molecule has 0 spiro atoms. The molecule has 4 aromatic rings. The Labute approximate surface area is 225 Å². The average molecular weight is 568 g/mol. The van der Waals surface area contributed by atoms with Gasteiger partial charge in [0.1, 0.15) is 15.8 Å². The Morgan fingerprint density at radius 2 is 1.76 bits per heavy atom. The topological polar surface area (TPSA) is 81.1 Å². The van der Waals surface area contributed by atoms with Gasteiger partial charge in [0.25, 0.3) is 0 Å². The first-order valence-electron chi connectivity index (χ1n) is 11.3. The highest BCUT2D eigenvalue weighted by Gasteiger charge is 2.51. The molecule has 196 valence electrons. The number of aromatic nitrogens is 2. The van der Waals surface area contributed by atoms with Crippen molar-refractivity contribution >= 4 is 44.5 Å². The summed E-state index contributed by atoms with van der Waals surface area (Å²) in [5.41, 5.74) is -1.22. The number of alkyl halides is 3. The minimum absolute atomic E-state index is 0.267. The van der Waals surface area contributed by atoms with Crippen LogP contribution in [0.25, 0.3) is 21.5 Å². The van der Waals surface area contributed by atoms with Crippen molar-refractivity contribution in [2.45, 2.75) is 50.3 Å². The normalized spacial score (nSPS) is 15.9. The zero-order valence-corrected chi connectivity index (χ0v) is 22.8. The van der Waals surface area contributed by atoms with Crippen LogP contribution in [0.4, 0.5) is 13.2 Å². The molecule has 2 aromatic carbocycles. The van der Waals surface area contributed by atoms with Crippen LogP contribution in [0.5, 0.6) is 0 Å². The lowest BCUT2D eigenvalue weighted by Gasteiger charge is -2.27. The highest BCUT2D eigenvalue weighted by atomic mass is 35.5. The first kappa shape index (κ1) is 27.8. The van der Waals surface area contributed by atoms with E-state index in [1.165, 1.54) is 23.6 Å². The van der Waals surface area contributed by atoms with Gasteiger partial charge in [0.2, 0.25) is 0 Å². The van der Waals surface area contributed by atoms with Crippen LogP contribution in [-0.2, 0) is 17.0 Å². The van der Waals surface area contributed by atoms with Crippen LogP contribution in [-0.4, -0.2) is 30.6 Å². The van der Waals surface area contributed by atoms with E-state index < -0.39 is 33.9 Å². The number of aliphatic hydroxyl groups is 1. The van der Waals surface area contributed by atoms with Crippen molar-refractivity contribution in [1.29, 1.82) is 0 Å². The fraction of sp³-hybridized carbons (Fsp3) is 0.308. The Balaban J connectivity index is 1.84. The molecule has 0 amide bonds. The Hall–Kier alpha value is -2.21. The summed E-state index contributed by atoms with van der Waals surface area (Å²) in [6, 6.07) is 14.3. The zero-order chi connectivity index (χ0) is 27.2. The molecule has 37 heavy (non-hydrogen) atoms. The molecule has 4 rings (SSSR count). The fourth-order valence-electron chi connectivity index (χ4n) is 3.58. The summed E-state index contributed by atoms with van der Waals surface area (Å²) in [6.07, 6.45) is -3.61. The average Bonchev–Trinajstić information content (AvgIpc) is 3.26. The fourth-order valence-corrected chi connectivity index (χ4v) is 5.86. The van der Waals surface area contributed by atoms with Crippen molar-refractivity contribution < 1.29 is 22.8 Å². The zero-order valence-electron chi connectivity index (χ0n) is 20.4. The van der Waals surface area contributed by atoms with Crippen molar-refractivity contribution in [3.63, 3.8) is 0 Å². The maximum absolute atomic E-state index is 13.5. The second-order valence-electron chi connectivity index (χ2n) is 9.66. The molecule has 2 aromatic heterocycles. The minimum Gasteiger partial charge on any atom is -0.598 e. The maximum Gasteiger partial charge on any atom is 0.421 e. The molecule has 0 aliphatic heterocycles. The van der Waals surface area contributed by atoms with Gasteiger partial charge in [-0.1, -0.05) is 41.9 Å². The Kier molecular flexibility index (Phi) is 7.64. The van der Waals surface area contributed by atoms with E-state index in [2.05, 4.69) is 9.71 Å². The Morgan fingerprint density at radius 1 is 1.05 bits per heavy atom. The smallest absolute Gasteiger partial charge is 0.421 e. The predicted octanol–water partition coefficient (Wildman–Crippen LogP) is 6.92. The van der Waals surface area contributed by atoms with Gasteiger partial charge in [-0.3, -0.25) is 4.98 Å². The van der Waals surface area contributed by atoms with E-state index in [0.717, 1.165) is 6.07 Å². The lowest BCUT2D eigenvalue weighted by molar-refractivity contribution is -0.258. The number of hydrogen-bond donors (Lipinski definition) is 2.